The lowest BCUT2D eigenvalue weighted by Gasteiger charge is -2.18. The van der Waals surface area contributed by atoms with Crippen LogP contribution >= 0.6 is 0 Å². The van der Waals surface area contributed by atoms with Crippen molar-refractivity contribution in [3.8, 4) is 0 Å². The Hall–Kier alpha value is -1.60. The highest BCUT2D eigenvalue weighted by Gasteiger charge is 2.37. The molecular formula is C5H12N6O. The van der Waals surface area contributed by atoms with Gasteiger partial charge in [0.1, 0.15) is 17.2 Å². The fraction of sp³-hybridized carbons (Fsp3) is 0.200. The van der Waals surface area contributed by atoms with Crippen molar-refractivity contribution < 1.29 is 4.74 Å². The van der Waals surface area contributed by atoms with Gasteiger partial charge in [-0.05, 0) is 0 Å². The van der Waals surface area contributed by atoms with Gasteiger partial charge in [-0.15, -0.1) is 0 Å². The van der Waals surface area contributed by atoms with Crippen molar-refractivity contribution in [1.82, 2.24) is 0 Å². The Morgan fingerprint density at radius 1 is 1.17 bits per heavy atom. The molecule has 0 atom stereocenters. The molecule has 1 heterocycles. The lowest BCUT2D eigenvalue weighted by Crippen LogP contribution is -2.53. The molecule has 0 aliphatic carbocycles. The van der Waals surface area contributed by atoms with Crippen LogP contribution in [0, 0.1) is 0 Å². The second kappa shape index (κ2) is 2.19. The Morgan fingerprint density at radius 3 is 1.83 bits per heavy atom. The first kappa shape index (κ1) is 8.50. The summed E-state index contributed by atoms with van der Waals surface area (Å²) in [5, 5.41) is 0. The van der Waals surface area contributed by atoms with Crippen LogP contribution in [0.25, 0.3) is 0 Å². The van der Waals surface area contributed by atoms with Crippen LogP contribution in [0.1, 0.15) is 0 Å². The number of nitrogens with two attached hydrogens (primary N) is 6. The van der Waals surface area contributed by atoms with Crippen molar-refractivity contribution in [3.63, 3.8) is 0 Å². The van der Waals surface area contributed by atoms with E-state index in [4.69, 9.17) is 39.1 Å². The number of hydrogen-bond donors (Lipinski definition) is 6. The van der Waals surface area contributed by atoms with Gasteiger partial charge in [0.25, 0.3) is 5.85 Å². The van der Waals surface area contributed by atoms with E-state index in [0.29, 0.717) is 0 Å². The summed E-state index contributed by atoms with van der Waals surface area (Å²) in [5.41, 5.74) is 32.2. The Kier molecular flexibility index (Phi) is 1.55. The zero-order valence-electron chi connectivity index (χ0n) is 6.37. The maximum Gasteiger partial charge on any atom is 0.256 e. The number of hydrogen-bond acceptors (Lipinski definition) is 7. The molecule has 7 heteroatoms. The molecule has 0 bridgehead atoms. The van der Waals surface area contributed by atoms with Crippen molar-refractivity contribution in [2.24, 2.45) is 34.4 Å². The van der Waals surface area contributed by atoms with Crippen molar-refractivity contribution in [1.29, 1.82) is 0 Å². The second-order valence-corrected chi connectivity index (χ2v) is 2.51. The minimum Gasteiger partial charge on any atom is -0.448 e. The van der Waals surface area contributed by atoms with Crippen LogP contribution in [-0.4, -0.2) is 5.85 Å². The molecule has 12 heavy (non-hydrogen) atoms. The molecule has 68 valence electrons. The van der Waals surface area contributed by atoms with E-state index in [1.54, 1.807) is 0 Å². The van der Waals surface area contributed by atoms with E-state index in [1.165, 1.54) is 0 Å². The normalized spacial score (nSPS) is 21.0. The summed E-state index contributed by atoms with van der Waals surface area (Å²) >= 11 is 0. The van der Waals surface area contributed by atoms with E-state index >= 15 is 0 Å². The zero-order chi connectivity index (χ0) is 9.52. The third-order valence-corrected chi connectivity index (χ3v) is 1.49. The maximum atomic E-state index is 5.45. The molecule has 0 saturated heterocycles. The fourth-order valence-electron chi connectivity index (χ4n) is 0.826. The van der Waals surface area contributed by atoms with Gasteiger partial charge in [-0.2, -0.15) is 0 Å². The molecule has 1 aliphatic rings. The van der Waals surface area contributed by atoms with Crippen molar-refractivity contribution >= 4 is 0 Å². The van der Waals surface area contributed by atoms with Gasteiger partial charge in [-0.3, -0.25) is 11.5 Å². The summed E-state index contributed by atoms with van der Waals surface area (Å²) in [6.45, 7) is 0. The first-order chi connectivity index (χ1) is 5.36. The van der Waals surface area contributed by atoms with Gasteiger partial charge < -0.3 is 27.7 Å². The smallest absolute Gasteiger partial charge is 0.256 e. The molecule has 0 spiro atoms. The van der Waals surface area contributed by atoms with Gasteiger partial charge in [0.15, 0.2) is 5.76 Å². The first-order valence-corrected chi connectivity index (χ1v) is 3.14. The molecule has 1 aliphatic heterocycles. The monoisotopic (exact) mass is 172 g/mol. The zero-order valence-corrected chi connectivity index (χ0v) is 6.37. The highest BCUT2D eigenvalue weighted by molar-refractivity contribution is 5.38. The summed E-state index contributed by atoms with van der Waals surface area (Å²) in [5.74, 6) is -1.67. The Labute approximate surface area is 69.0 Å². The predicted molar refractivity (Wildman–Crippen MR) is 43.0 cm³/mol. The minimum absolute atomic E-state index is 0.0194. The van der Waals surface area contributed by atoms with Crippen LogP contribution < -0.4 is 34.4 Å². The topological polar surface area (TPSA) is 165 Å². The van der Waals surface area contributed by atoms with Crippen LogP contribution in [0.2, 0.25) is 0 Å². The average Bonchev–Trinajstić information content (AvgIpc) is 2.14. The third kappa shape index (κ3) is 1.00. The molecule has 12 N–H and O–H groups in total. The SMILES string of the molecule is NC(N)=C1OC(N)(N)C(N)=C1N. The first-order valence-electron chi connectivity index (χ1n) is 3.14. The quantitative estimate of drug-likeness (QED) is 0.209. The Morgan fingerprint density at radius 2 is 1.67 bits per heavy atom. The van der Waals surface area contributed by atoms with Crippen LogP contribution in [0.3, 0.4) is 0 Å². The maximum absolute atomic E-state index is 5.45. The number of ether oxygens (including phenoxy) is 1. The van der Waals surface area contributed by atoms with Gasteiger partial charge in [0.2, 0.25) is 0 Å². The lowest BCUT2D eigenvalue weighted by atomic mass is 10.3. The van der Waals surface area contributed by atoms with Crippen LogP contribution in [0.5, 0.6) is 0 Å². The molecule has 0 unspecified atom stereocenters. The molecule has 0 fully saturated rings. The van der Waals surface area contributed by atoms with Gasteiger partial charge in [0, 0.05) is 0 Å². The van der Waals surface area contributed by atoms with Gasteiger partial charge >= 0.3 is 0 Å². The molecule has 1 rings (SSSR count). The van der Waals surface area contributed by atoms with Crippen molar-refractivity contribution in [2.75, 3.05) is 0 Å². The van der Waals surface area contributed by atoms with E-state index in [1.807, 2.05) is 0 Å². The largest absolute Gasteiger partial charge is 0.448 e. The van der Waals surface area contributed by atoms with Gasteiger partial charge in [-0.1, -0.05) is 0 Å². The minimum atomic E-state index is -1.61. The van der Waals surface area contributed by atoms with Crippen molar-refractivity contribution in [3.05, 3.63) is 23.0 Å². The Bertz CT molecular complexity index is 274. The van der Waals surface area contributed by atoms with E-state index in [0.717, 1.165) is 0 Å². The lowest BCUT2D eigenvalue weighted by molar-refractivity contribution is 0.0666. The van der Waals surface area contributed by atoms with Gasteiger partial charge in [-0.25, -0.2) is 0 Å². The highest BCUT2D eigenvalue weighted by Crippen LogP contribution is 2.25. The summed E-state index contributed by atoms with van der Waals surface area (Å²) < 4.78 is 4.90. The molecular weight excluding hydrogens is 160 g/mol. The highest BCUT2D eigenvalue weighted by atomic mass is 16.5. The van der Waals surface area contributed by atoms with Crippen molar-refractivity contribution in [2.45, 2.75) is 5.85 Å². The van der Waals surface area contributed by atoms with E-state index in [-0.39, 0.29) is 23.0 Å². The molecule has 0 radical (unpaired) electrons. The standard InChI is InChI=1S/C5H12N6O/c6-1-2(4(8)9)12-5(10,11)3(1)7/h6-11H2. The predicted octanol–water partition coefficient (Wildman–Crippen LogP) is -3.20. The van der Waals surface area contributed by atoms with E-state index in [9.17, 15) is 0 Å². The summed E-state index contributed by atoms with van der Waals surface area (Å²) in [6, 6.07) is 0. The molecule has 7 nitrogen and oxygen atoms in total. The summed E-state index contributed by atoms with van der Waals surface area (Å²) in [6.07, 6.45) is 0. The number of rotatable bonds is 0. The summed E-state index contributed by atoms with van der Waals surface area (Å²) in [7, 11) is 0. The molecule has 0 aromatic carbocycles. The Balaban J connectivity index is 3.17. The van der Waals surface area contributed by atoms with Crippen LogP contribution in [0.4, 0.5) is 0 Å². The molecule has 0 aromatic rings. The molecule has 0 aromatic heterocycles. The molecule has 0 amide bonds. The fourth-order valence-corrected chi connectivity index (χ4v) is 0.826. The average molecular weight is 172 g/mol. The third-order valence-electron chi connectivity index (χ3n) is 1.49. The van der Waals surface area contributed by atoms with E-state index < -0.39 is 5.85 Å². The molecule has 0 saturated carbocycles. The van der Waals surface area contributed by atoms with Crippen LogP contribution in [0.15, 0.2) is 23.0 Å². The van der Waals surface area contributed by atoms with Gasteiger partial charge in [0.05, 0.1) is 0 Å². The van der Waals surface area contributed by atoms with Crippen LogP contribution in [-0.2, 0) is 4.74 Å². The second-order valence-electron chi connectivity index (χ2n) is 2.51. The summed E-state index contributed by atoms with van der Waals surface area (Å²) in [4.78, 5) is 0. The van der Waals surface area contributed by atoms with E-state index in [2.05, 4.69) is 0 Å².